The summed E-state index contributed by atoms with van der Waals surface area (Å²) in [7, 11) is 0. The highest BCUT2D eigenvalue weighted by atomic mass is 16.4. The second kappa shape index (κ2) is 2.98. The van der Waals surface area contributed by atoms with E-state index in [1.807, 2.05) is 0 Å². The van der Waals surface area contributed by atoms with Crippen LogP contribution in [0.3, 0.4) is 0 Å². The van der Waals surface area contributed by atoms with Crippen LogP contribution in [0.2, 0.25) is 0 Å². The van der Waals surface area contributed by atoms with Gasteiger partial charge in [-0.3, -0.25) is 0 Å². The Balaban J connectivity index is 1.96. The molecule has 2 heteroatoms. The van der Waals surface area contributed by atoms with Crippen LogP contribution in [0.25, 0.3) is 0 Å². The van der Waals surface area contributed by atoms with Gasteiger partial charge in [-0.1, -0.05) is 24.4 Å². The molecule has 3 fully saturated rings. The number of oxime groups is 1. The predicted molar refractivity (Wildman–Crippen MR) is 55.6 cm³/mol. The van der Waals surface area contributed by atoms with E-state index in [0.717, 1.165) is 5.92 Å². The second-order valence-corrected chi connectivity index (χ2v) is 5.41. The van der Waals surface area contributed by atoms with Crippen molar-refractivity contribution >= 4 is 5.71 Å². The molecule has 0 aromatic carbocycles. The molecule has 0 saturated heterocycles. The van der Waals surface area contributed by atoms with Crippen LogP contribution in [0, 0.1) is 17.3 Å². The molecule has 0 amide bonds. The van der Waals surface area contributed by atoms with Crippen LogP contribution < -0.4 is 0 Å². The summed E-state index contributed by atoms with van der Waals surface area (Å²) in [6.07, 6.45) is 10.7. The minimum absolute atomic E-state index is 0.357. The molecule has 3 aliphatic carbocycles. The Labute approximate surface area is 85.4 Å². The molecule has 0 aromatic heterocycles. The molecule has 2 unspecified atom stereocenters. The number of fused-ring (bicyclic) bond motifs is 3. The van der Waals surface area contributed by atoms with Gasteiger partial charge in [0.05, 0.1) is 5.71 Å². The Bertz CT molecular complexity index is 265. The zero-order valence-corrected chi connectivity index (χ0v) is 8.71. The lowest BCUT2D eigenvalue weighted by Crippen LogP contribution is -2.38. The number of hydrogen-bond donors (Lipinski definition) is 1. The van der Waals surface area contributed by atoms with Crippen molar-refractivity contribution in [3.05, 3.63) is 0 Å². The third-order valence-electron chi connectivity index (χ3n) is 4.96. The molecular weight excluding hydrogens is 174 g/mol. The van der Waals surface area contributed by atoms with Gasteiger partial charge in [0.2, 0.25) is 0 Å². The molecule has 14 heavy (non-hydrogen) atoms. The van der Waals surface area contributed by atoms with Crippen LogP contribution in [0.5, 0.6) is 0 Å². The third kappa shape index (κ3) is 0.945. The molecule has 0 aliphatic heterocycles. The summed E-state index contributed by atoms with van der Waals surface area (Å²) in [6, 6.07) is 0. The molecule has 2 nitrogen and oxygen atoms in total. The van der Waals surface area contributed by atoms with E-state index in [4.69, 9.17) is 0 Å². The van der Waals surface area contributed by atoms with Crippen LogP contribution in [0.15, 0.2) is 5.16 Å². The summed E-state index contributed by atoms with van der Waals surface area (Å²) >= 11 is 0. The quantitative estimate of drug-likeness (QED) is 0.465. The van der Waals surface area contributed by atoms with Crippen molar-refractivity contribution in [1.82, 2.24) is 0 Å². The summed E-state index contributed by atoms with van der Waals surface area (Å²) in [6.45, 7) is 0. The van der Waals surface area contributed by atoms with Crippen molar-refractivity contribution in [3.8, 4) is 0 Å². The summed E-state index contributed by atoms with van der Waals surface area (Å²) in [4.78, 5) is 0. The molecule has 2 atom stereocenters. The van der Waals surface area contributed by atoms with Gasteiger partial charge in [0.25, 0.3) is 0 Å². The van der Waals surface area contributed by atoms with Gasteiger partial charge in [0, 0.05) is 11.3 Å². The highest BCUT2D eigenvalue weighted by Crippen LogP contribution is 2.59. The Hall–Kier alpha value is -0.530. The molecule has 3 rings (SSSR count). The molecule has 0 heterocycles. The van der Waals surface area contributed by atoms with E-state index < -0.39 is 0 Å². The van der Waals surface area contributed by atoms with Gasteiger partial charge in [0.1, 0.15) is 0 Å². The maximum absolute atomic E-state index is 9.19. The van der Waals surface area contributed by atoms with Crippen LogP contribution >= 0.6 is 0 Å². The van der Waals surface area contributed by atoms with Crippen molar-refractivity contribution in [2.24, 2.45) is 22.4 Å². The van der Waals surface area contributed by atoms with Gasteiger partial charge in [-0.2, -0.15) is 0 Å². The average molecular weight is 193 g/mol. The molecule has 1 N–H and O–H groups in total. The van der Waals surface area contributed by atoms with Crippen molar-refractivity contribution < 1.29 is 5.21 Å². The SMILES string of the molecule is ON=C1C2CCC(C2)C12CCCCC2. The fraction of sp³-hybridized carbons (Fsp3) is 0.917. The smallest absolute Gasteiger partial charge is 0.0666 e. The van der Waals surface area contributed by atoms with Crippen LogP contribution in [-0.2, 0) is 0 Å². The van der Waals surface area contributed by atoms with E-state index in [1.165, 1.54) is 57.1 Å². The van der Waals surface area contributed by atoms with E-state index in [-0.39, 0.29) is 0 Å². The maximum Gasteiger partial charge on any atom is 0.0666 e. The number of rotatable bonds is 0. The standard InChI is InChI=1S/C12H19NO/c14-13-11-9-4-5-10(8-9)12(11)6-2-1-3-7-12/h9-10,14H,1-8H2. The third-order valence-corrected chi connectivity index (χ3v) is 4.96. The minimum atomic E-state index is 0.357. The van der Waals surface area contributed by atoms with Crippen LogP contribution in [0.4, 0.5) is 0 Å². The van der Waals surface area contributed by atoms with Gasteiger partial charge in [-0.15, -0.1) is 0 Å². The van der Waals surface area contributed by atoms with E-state index in [1.54, 1.807) is 0 Å². The van der Waals surface area contributed by atoms with E-state index in [9.17, 15) is 5.21 Å². The van der Waals surface area contributed by atoms with Crippen molar-refractivity contribution in [3.63, 3.8) is 0 Å². The Morgan fingerprint density at radius 1 is 1.14 bits per heavy atom. The van der Waals surface area contributed by atoms with E-state index in [2.05, 4.69) is 5.16 Å². The zero-order chi connectivity index (χ0) is 9.60. The molecular formula is C12H19NO. The predicted octanol–water partition coefficient (Wildman–Crippen LogP) is 3.20. The molecule has 3 saturated carbocycles. The first-order valence-corrected chi connectivity index (χ1v) is 6.09. The van der Waals surface area contributed by atoms with Crippen molar-refractivity contribution in [2.75, 3.05) is 0 Å². The molecule has 0 aromatic rings. The summed E-state index contributed by atoms with van der Waals surface area (Å²) in [5.41, 5.74) is 1.55. The molecule has 2 bridgehead atoms. The van der Waals surface area contributed by atoms with E-state index in [0.29, 0.717) is 11.3 Å². The maximum atomic E-state index is 9.19. The van der Waals surface area contributed by atoms with Crippen molar-refractivity contribution in [1.29, 1.82) is 0 Å². The topological polar surface area (TPSA) is 32.6 Å². The molecule has 0 radical (unpaired) electrons. The van der Waals surface area contributed by atoms with Gasteiger partial charge < -0.3 is 5.21 Å². The lowest BCUT2D eigenvalue weighted by Gasteiger charge is -2.41. The van der Waals surface area contributed by atoms with Gasteiger partial charge in [0.15, 0.2) is 0 Å². The van der Waals surface area contributed by atoms with E-state index >= 15 is 0 Å². The van der Waals surface area contributed by atoms with Crippen LogP contribution in [0.1, 0.15) is 51.4 Å². The van der Waals surface area contributed by atoms with Crippen LogP contribution in [-0.4, -0.2) is 10.9 Å². The highest BCUT2D eigenvalue weighted by molar-refractivity contribution is 5.95. The summed E-state index contributed by atoms with van der Waals surface area (Å²) < 4.78 is 0. The fourth-order valence-electron chi connectivity index (χ4n) is 4.38. The monoisotopic (exact) mass is 193 g/mol. The first-order valence-electron chi connectivity index (χ1n) is 6.09. The minimum Gasteiger partial charge on any atom is -0.411 e. The Kier molecular flexibility index (Phi) is 1.86. The number of hydrogen-bond acceptors (Lipinski definition) is 2. The van der Waals surface area contributed by atoms with Crippen molar-refractivity contribution in [2.45, 2.75) is 51.4 Å². The largest absolute Gasteiger partial charge is 0.411 e. The summed E-state index contributed by atoms with van der Waals surface area (Å²) in [5, 5.41) is 12.9. The second-order valence-electron chi connectivity index (χ2n) is 5.41. The van der Waals surface area contributed by atoms with Gasteiger partial charge >= 0.3 is 0 Å². The Morgan fingerprint density at radius 3 is 2.64 bits per heavy atom. The first kappa shape index (κ1) is 8.75. The normalized spacial score (nSPS) is 42.4. The average Bonchev–Trinajstić information content (AvgIpc) is 2.78. The lowest BCUT2D eigenvalue weighted by atomic mass is 9.63. The first-order chi connectivity index (χ1) is 6.87. The molecule has 1 spiro atoms. The molecule has 78 valence electrons. The summed E-state index contributed by atoms with van der Waals surface area (Å²) in [5.74, 6) is 1.50. The number of nitrogens with zero attached hydrogens (tertiary/aromatic N) is 1. The molecule has 3 aliphatic rings. The Morgan fingerprint density at radius 2 is 1.93 bits per heavy atom. The zero-order valence-electron chi connectivity index (χ0n) is 8.71. The fourth-order valence-corrected chi connectivity index (χ4v) is 4.38. The lowest BCUT2D eigenvalue weighted by molar-refractivity contribution is 0.184. The highest BCUT2D eigenvalue weighted by Gasteiger charge is 2.56. The van der Waals surface area contributed by atoms with Gasteiger partial charge in [-0.05, 0) is 38.0 Å². The van der Waals surface area contributed by atoms with Gasteiger partial charge in [-0.25, -0.2) is 0 Å².